The minimum atomic E-state index is -0.311. The number of methoxy groups -OCH3 is 1. The van der Waals surface area contributed by atoms with E-state index >= 15 is 0 Å². The van der Waals surface area contributed by atoms with Crippen LogP contribution in [0.1, 0.15) is 104 Å². The van der Waals surface area contributed by atoms with Gasteiger partial charge in [0.1, 0.15) is 6.10 Å². The van der Waals surface area contributed by atoms with Crippen LogP contribution in [-0.4, -0.2) is 47.7 Å². The lowest BCUT2D eigenvalue weighted by atomic mass is 9.43. The van der Waals surface area contributed by atoms with Gasteiger partial charge in [-0.15, -0.1) is 0 Å². The number of esters is 1. The van der Waals surface area contributed by atoms with Gasteiger partial charge in [-0.2, -0.15) is 0 Å². The maximum absolute atomic E-state index is 12.5. The summed E-state index contributed by atoms with van der Waals surface area (Å²) in [6.45, 7) is 7.11. The highest BCUT2D eigenvalue weighted by molar-refractivity contribution is 5.69. The minimum Gasteiger partial charge on any atom is -0.462 e. The zero-order valence-corrected chi connectivity index (χ0v) is 22.6. The number of carbonyl (C=O) groups excluding carboxylic acids is 1. The Labute approximate surface area is 212 Å². The molecule has 0 radical (unpaired) electrons. The van der Waals surface area contributed by atoms with Gasteiger partial charge in [-0.25, -0.2) is 0 Å². The van der Waals surface area contributed by atoms with Crippen molar-refractivity contribution >= 4 is 5.97 Å². The molecule has 0 unspecified atom stereocenters. The summed E-state index contributed by atoms with van der Waals surface area (Å²) in [5, 5.41) is 22.2. The fourth-order valence-corrected chi connectivity index (χ4v) is 10.2. The van der Waals surface area contributed by atoms with Crippen LogP contribution in [0.25, 0.3) is 0 Å². The Morgan fingerprint density at radius 1 is 1.00 bits per heavy atom. The highest BCUT2D eigenvalue weighted by Crippen LogP contribution is 2.68. The van der Waals surface area contributed by atoms with Gasteiger partial charge in [-0.3, -0.25) is 4.79 Å². The van der Waals surface area contributed by atoms with Crippen LogP contribution in [-0.2, 0) is 14.3 Å². The quantitative estimate of drug-likeness (QED) is 0.481. The standard InChI is InChI=1S/C30H50O5/c1-18(9-12-27(33)35-21-7-5-6-8-21)22-10-11-23-28-24(17-26(32)30(22,23)3)29(2)14-13-20(31)15-19(29)16-25(28)34-4/h18-26,28,31-32H,5-17H2,1-4H3/t18-,19+,20-,22-,23+,24+,25-,26+,28+,29+,30-/m1/s1. The van der Waals surface area contributed by atoms with Crippen LogP contribution in [0.3, 0.4) is 0 Å². The number of rotatable bonds is 6. The van der Waals surface area contributed by atoms with Crippen LogP contribution in [0.4, 0.5) is 0 Å². The van der Waals surface area contributed by atoms with Crippen molar-refractivity contribution in [3.05, 3.63) is 0 Å². The van der Waals surface area contributed by atoms with Crippen molar-refractivity contribution in [2.45, 2.75) is 129 Å². The zero-order chi connectivity index (χ0) is 25.0. The lowest BCUT2D eigenvalue weighted by Gasteiger charge is -2.64. The van der Waals surface area contributed by atoms with Crippen LogP contribution in [0.5, 0.6) is 0 Å². The molecule has 0 aromatic carbocycles. The molecule has 11 atom stereocenters. The summed E-state index contributed by atoms with van der Waals surface area (Å²) in [7, 11) is 1.87. The molecule has 2 N–H and O–H groups in total. The highest BCUT2D eigenvalue weighted by Gasteiger charge is 2.66. The third-order valence-corrected chi connectivity index (χ3v) is 12.2. The Hall–Kier alpha value is -0.650. The predicted molar refractivity (Wildman–Crippen MR) is 136 cm³/mol. The van der Waals surface area contributed by atoms with Gasteiger partial charge in [0.05, 0.1) is 18.3 Å². The maximum atomic E-state index is 12.5. The first-order chi connectivity index (χ1) is 16.7. The van der Waals surface area contributed by atoms with E-state index in [1.54, 1.807) is 0 Å². The Morgan fingerprint density at radius 3 is 2.46 bits per heavy atom. The van der Waals surface area contributed by atoms with E-state index in [1.165, 1.54) is 12.8 Å². The summed E-state index contributed by atoms with van der Waals surface area (Å²) < 4.78 is 11.9. The molecule has 0 bridgehead atoms. The fraction of sp³-hybridized carbons (Fsp3) is 0.967. The Kier molecular flexibility index (Phi) is 7.35. The molecule has 0 spiro atoms. The Morgan fingerprint density at radius 2 is 1.74 bits per heavy atom. The maximum Gasteiger partial charge on any atom is 0.306 e. The molecule has 35 heavy (non-hydrogen) atoms. The van der Waals surface area contributed by atoms with E-state index < -0.39 is 0 Å². The lowest BCUT2D eigenvalue weighted by Crippen LogP contribution is -2.62. The zero-order valence-electron chi connectivity index (χ0n) is 22.6. The van der Waals surface area contributed by atoms with E-state index in [4.69, 9.17) is 9.47 Å². The normalized spacial score (nSPS) is 48.6. The van der Waals surface area contributed by atoms with Crippen LogP contribution in [0.2, 0.25) is 0 Å². The van der Waals surface area contributed by atoms with E-state index in [1.807, 2.05) is 7.11 Å². The molecule has 0 heterocycles. The van der Waals surface area contributed by atoms with Gasteiger partial charge in [0.15, 0.2) is 0 Å². The summed E-state index contributed by atoms with van der Waals surface area (Å²) in [6.07, 6.45) is 12.7. The summed E-state index contributed by atoms with van der Waals surface area (Å²) >= 11 is 0. The number of aliphatic hydroxyl groups is 2. The van der Waals surface area contributed by atoms with Gasteiger partial charge in [0, 0.05) is 13.5 Å². The molecule has 0 amide bonds. The third-order valence-electron chi connectivity index (χ3n) is 12.2. The molecular weight excluding hydrogens is 440 g/mol. The summed E-state index contributed by atoms with van der Waals surface area (Å²) in [4.78, 5) is 12.5. The number of carbonyl (C=O) groups is 1. The second kappa shape index (κ2) is 9.91. The molecule has 5 rings (SSSR count). The van der Waals surface area contributed by atoms with Crippen LogP contribution >= 0.6 is 0 Å². The smallest absolute Gasteiger partial charge is 0.306 e. The molecule has 0 aromatic rings. The summed E-state index contributed by atoms with van der Waals surface area (Å²) in [6, 6.07) is 0. The number of hydrogen-bond acceptors (Lipinski definition) is 5. The van der Waals surface area contributed by atoms with Gasteiger partial charge >= 0.3 is 5.97 Å². The van der Waals surface area contributed by atoms with Crippen molar-refractivity contribution in [2.24, 2.45) is 46.3 Å². The average Bonchev–Trinajstić information content (AvgIpc) is 3.46. The third kappa shape index (κ3) is 4.40. The molecule has 0 aliphatic heterocycles. The molecular formula is C30H50O5. The molecule has 5 heteroatoms. The van der Waals surface area contributed by atoms with E-state index in [2.05, 4.69) is 20.8 Å². The van der Waals surface area contributed by atoms with E-state index in [0.717, 1.165) is 64.2 Å². The van der Waals surface area contributed by atoms with Gasteiger partial charge < -0.3 is 19.7 Å². The highest BCUT2D eigenvalue weighted by atomic mass is 16.5. The first-order valence-corrected chi connectivity index (χ1v) is 14.8. The average molecular weight is 491 g/mol. The van der Waals surface area contributed by atoms with Crippen molar-refractivity contribution in [1.82, 2.24) is 0 Å². The molecule has 200 valence electrons. The SMILES string of the molecule is CO[C@@H]1C[C@@H]2C[C@H](O)CC[C@]2(C)[C@H]2C[C@H](O)[C@]3(C)[C@@H]([C@H](C)CCC(=O)OC4CCCC4)CC[C@H]3[C@H]12. The predicted octanol–water partition coefficient (Wildman–Crippen LogP) is 5.50. The van der Waals surface area contributed by atoms with Crippen LogP contribution in [0, 0.1) is 46.3 Å². The molecule has 5 nitrogen and oxygen atoms in total. The number of fused-ring (bicyclic) bond motifs is 5. The van der Waals surface area contributed by atoms with Gasteiger partial charge in [-0.05, 0) is 123 Å². The van der Waals surface area contributed by atoms with Crippen molar-refractivity contribution in [1.29, 1.82) is 0 Å². The van der Waals surface area contributed by atoms with Crippen molar-refractivity contribution in [2.75, 3.05) is 7.11 Å². The van der Waals surface area contributed by atoms with Crippen LogP contribution in [0.15, 0.2) is 0 Å². The first-order valence-electron chi connectivity index (χ1n) is 14.8. The lowest BCUT2D eigenvalue weighted by molar-refractivity contribution is -0.212. The van der Waals surface area contributed by atoms with Crippen LogP contribution < -0.4 is 0 Å². The first kappa shape index (κ1) is 26.0. The number of hydrogen-bond donors (Lipinski definition) is 2. The van der Waals surface area contributed by atoms with E-state index in [9.17, 15) is 15.0 Å². The summed E-state index contributed by atoms with van der Waals surface area (Å²) in [5.74, 6) is 2.68. The van der Waals surface area contributed by atoms with Gasteiger partial charge in [0.2, 0.25) is 0 Å². The number of aliphatic hydroxyl groups excluding tert-OH is 2. The second-order valence-electron chi connectivity index (χ2n) is 13.6. The fourth-order valence-electron chi connectivity index (χ4n) is 10.2. The van der Waals surface area contributed by atoms with Crippen molar-refractivity contribution in [3.63, 3.8) is 0 Å². The van der Waals surface area contributed by atoms with Gasteiger partial charge in [0.25, 0.3) is 0 Å². The molecule has 5 fully saturated rings. The summed E-state index contributed by atoms with van der Waals surface area (Å²) in [5.41, 5.74) is 0.0685. The topological polar surface area (TPSA) is 76.0 Å². The largest absolute Gasteiger partial charge is 0.462 e. The van der Waals surface area contributed by atoms with Gasteiger partial charge in [-0.1, -0.05) is 20.8 Å². The number of ether oxygens (including phenoxy) is 2. The van der Waals surface area contributed by atoms with Crippen molar-refractivity contribution in [3.8, 4) is 0 Å². The van der Waals surface area contributed by atoms with Crippen molar-refractivity contribution < 1.29 is 24.5 Å². The molecule has 0 aromatic heterocycles. The van der Waals surface area contributed by atoms with E-state index in [0.29, 0.717) is 41.9 Å². The Balaban J connectivity index is 1.30. The molecule has 0 saturated heterocycles. The molecule has 5 aliphatic rings. The molecule has 5 aliphatic carbocycles. The second-order valence-corrected chi connectivity index (χ2v) is 13.6. The minimum absolute atomic E-state index is 0.0297. The Bertz CT molecular complexity index is 764. The monoisotopic (exact) mass is 490 g/mol. The molecule has 5 saturated carbocycles. The van der Waals surface area contributed by atoms with E-state index in [-0.39, 0.29) is 41.2 Å².